The number of carbonyl (C=O) groups excluding carboxylic acids is 1. The number of ether oxygens (including phenoxy) is 1. The van der Waals surface area contributed by atoms with E-state index in [0.717, 1.165) is 37.9 Å². The first-order chi connectivity index (χ1) is 11.3. The third-order valence-corrected chi connectivity index (χ3v) is 4.36. The summed E-state index contributed by atoms with van der Waals surface area (Å²) in [7, 11) is 0. The molecular weight excluding hydrogens is 290 g/mol. The van der Waals surface area contributed by atoms with Crippen molar-refractivity contribution < 1.29 is 9.53 Å². The Hall–Kier alpha value is -2.32. The van der Waals surface area contributed by atoms with Gasteiger partial charge in [0.2, 0.25) is 5.91 Å². The zero-order valence-corrected chi connectivity index (χ0v) is 13.1. The van der Waals surface area contributed by atoms with Crippen molar-refractivity contribution in [2.45, 2.75) is 37.8 Å². The minimum absolute atomic E-state index is 0.104. The molecule has 1 amide bonds. The second-order valence-corrected chi connectivity index (χ2v) is 5.96. The zero-order chi connectivity index (χ0) is 16.1. The lowest BCUT2D eigenvalue weighted by Gasteiger charge is -2.33. The van der Waals surface area contributed by atoms with Crippen LogP contribution in [0.15, 0.2) is 36.6 Å². The van der Waals surface area contributed by atoms with Gasteiger partial charge in [-0.05, 0) is 56.0 Å². The highest BCUT2D eigenvalue weighted by molar-refractivity contribution is 5.97. The average Bonchev–Trinajstić information content (AvgIpc) is 2.62. The van der Waals surface area contributed by atoms with E-state index in [9.17, 15) is 4.79 Å². The van der Waals surface area contributed by atoms with Gasteiger partial charge in [0, 0.05) is 18.8 Å². The number of nitrogens with one attached hydrogen (secondary N) is 1. The number of benzene rings is 1. The highest BCUT2D eigenvalue weighted by atomic mass is 16.5. The molecule has 0 radical (unpaired) electrons. The van der Waals surface area contributed by atoms with Crippen LogP contribution in [0.25, 0.3) is 0 Å². The summed E-state index contributed by atoms with van der Waals surface area (Å²) in [5, 5.41) is 12.2. The van der Waals surface area contributed by atoms with E-state index in [2.05, 4.69) is 11.4 Å². The van der Waals surface area contributed by atoms with Crippen LogP contribution in [0.2, 0.25) is 0 Å². The summed E-state index contributed by atoms with van der Waals surface area (Å²) in [6.45, 7) is 1.42. The fourth-order valence-corrected chi connectivity index (χ4v) is 3.05. The number of allylic oxidation sites excluding steroid dienone is 1. The van der Waals surface area contributed by atoms with Crippen LogP contribution >= 0.6 is 0 Å². The molecule has 1 N–H and O–H groups in total. The number of amides is 1. The molecule has 3 rings (SSSR count). The van der Waals surface area contributed by atoms with Crippen LogP contribution in [-0.4, -0.2) is 31.1 Å². The maximum Gasteiger partial charge on any atom is 0.244 e. The SMILES string of the molecule is N#Cc1ccc(N2CCCC(NCC3CCC=CO3)C2=O)cc1. The van der Waals surface area contributed by atoms with Gasteiger partial charge in [0.15, 0.2) is 0 Å². The largest absolute Gasteiger partial charge is 0.497 e. The molecule has 2 heterocycles. The van der Waals surface area contributed by atoms with Crippen molar-refractivity contribution in [1.29, 1.82) is 5.26 Å². The van der Waals surface area contributed by atoms with Gasteiger partial charge in [-0.25, -0.2) is 0 Å². The Morgan fingerprint density at radius 3 is 2.83 bits per heavy atom. The molecule has 1 aromatic carbocycles. The first kappa shape index (κ1) is 15.6. The molecule has 2 aliphatic heterocycles. The molecule has 1 fully saturated rings. The number of anilines is 1. The molecular formula is C18H21N3O2. The summed E-state index contributed by atoms with van der Waals surface area (Å²) in [4.78, 5) is 14.5. The van der Waals surface area contributed by atoms with Gasteiger partial charge in [-0.15, -0.1) is 0 Å². The zero-order valence-electron chi connectivity index (χ0n) is 13.1. The number of rotatable bonds is 4. The second kappa shape index (κ2) is 7.30. The van der Waals surface area contributed by atoms with Crippen LogP contribution in [0.3, 0.4) is 0 Å². The Kier molecular flexibility index (Phi) is 4.94. The highest BCUT2D eigenvalue weighted by Gasteiger charge is 2.30. The van der Waals surface area contributed by atoms with E-state index >= 15 is 0 Å². The summed E-state index contributed by atoms with van der Waals surface area (Å²) in [6, 6.07) is 9.13. The Balaban J connectivity index is 1.61. The van der Waals surface area contributed by atoms with Crippen molar-refractivity contribution in [2.75, 3.05) is 18.0 Å². The first-order valence-corrected chi connectivity index (χ1v) is 8.13. The van der Waals surface area contributed by atoms with Crippen LogP contribution in [0.5, 0.6) is 0 Å². The van der Waals surface area contributed by atoms with Crippen LogP contribution in [0, 0.1) is 11.3 Å². The number of carbonyl (C=O) groups is 1. The van der Waals surface area contributed by atoms with Crippen molar-refractivity contribution in [1.82, 2.24) is 5.32 Å². The smallest absolute Gasteiger partial charge is 0.244 e. The number of piperidine rings is 1. The summed E-state index contributed by atoms with van der Waals surface area (Å²) >= 11 is 0. The lowest BCUT2D eigenvalue weighted by Crippen LogP contribution is -2.52. The summed E-state index contributed by atoms with van der Waals surface area (Å²) in [5.74, 6) is 0.104. The molecule has 0 bridgehead atoms. The van der Waals surface area contributed by atoms with Gasteiger partial charge in [0.1, 0.15) is 6.10 Å². The van der Waals surface area contributed by atoms with E-state index in [1.54, 1.807) is 18.4 Å². The quantitative estimate of drug-likeness (QED) is 0.927. The van der Waals surface area contributed by atoms with E-state index in [0.29, 0.717) is 12.1 Å². The van der Waals surface area contributed by atoms with E-state index in [-0.39, 0.29) is 18.1 Å². The summed E-state index contributed by atoms with van der Waals surface area (Å²) in [6.07, 6.45) is 7.77. The lowest BCUT2D eigenvalue weighted by atomic mass is 10.0. The van der Waals surface area contributed by atoms with Gasteiger partial charge >= 0.3 is 0 Å². The predicted octanol–water partition coefficient (Wildman–Crippen LogP) is 2.34. The molecule has 2 atom stereocenters. The van der Waals surface area contributed by atoms with Crippen molar-refractivity contribution >= 4 is 11.6 Å². The third kappa shape index (κ3) is 3.72. The fourth-order valence-electron chi connectivity index (χ4n) is 3.05. The predicted molar refractivity (Wildman–Crippen MR) is 87.8 cm³/mol. The van der Waals surface area contributed by atoms with Crippen LogP contribution < -0.4 is 10.2 Å². The molecule has 1 aromatic rings. The molecule has 120 valence electrons. The molecule has 2 unspecified atom stereocenters. The van der Waals surface area contributed by atoms with Gasteiger partial charge < -0.3 is 15.0 Å². The Labute approximate surface area is 136 Å². The highest BCUT2D eigenvalue weighted by Crippen LogP contribution is 2.22. The van der Waals surface area contributed by atoms with E-state index in [4.69, 9.17) is 10.00 Å². The Morgan fingerprint density at radius 1 is 1.30 bits per heavy atom. The fraction of sp³-hybridized carbons (Fsp3) is 0.444. The maximum atomic E-state index is 12.7. The second-order valence-electron chi connectivity index (χ2n) is 5.96. The first-order valence-electron chi connectivity index (χ1n) is 8.13. The van der Waals surface area contributed by atoms with Gasteiger partial charge in [0.25, 0.3) is 0 Å². The van der Waals surface area contributed by atoms with Gasteiger partial charge in [-0.1, -0.05) is 0 Å². The minimum atomic E-state index is -0.158. The standard InChI is InChI=1S/C18H21N3O2/c19-12-14-6-8-15(9-7-14)21-10-3-5-17(18(21)22)20-13-16-4-1-2-11-23-16/h2,6-9,11,16-17,20H,1,3-5,10,13H2. The Morgan fingerprint density at radius 2 is 2.13 bits per heavy atom. The Bertz CT molecular complexity index is 618. The number of nitriles is 1. The molecule has 0 aliphatic carbocycles. The van der Waals surface area contributed by atoms with Crippen molar-refractivity contribution in [3.05, 3.63) is 42.2 Å². The van der Waals surface area contributed by atoms with Crippen LogP contribution in [0.4, 0.5) is 5.69 Å². The van der Waals surface area contributed by atoms with Gasteiger partial charge in [-0.3, -0.25) is 4.79 Å². The minimum Gasteiger partial charge on any atom is -0.497 e. The molecule has 1 saturated heterocycles. The summed E-state index contributed by atoms with van der Waals surface area (Å²) < 4.78 is 5.54. The van der Waals surface area contributed by atoms with Crippen LogP contribution in [-0.2, 0) is 9.53 Å². The van der Waals surface area contributed by atoms with Crippen LogP contribution in [0.1, 0.15) is 31.2 Å². The number of nitrogens with zero attached hydrogens (tertiary/aromatic N) is 2. The average molecular weight is 311 g/mol. The molecule has 0 spiro atoms. The normalized spacial score (nSPS) is 24.1. The molecule has 5 heteroatoms. The maximum absolute atomic E-state index is 12.7. The summed E-state index contributed by atoms with van der Waals surface area (Å²) in [5.41, 5.74) is 1.47. The topological polar surface area (TPSA) is 65.4 Å². The van der Waals surface area contributed by atoms with Crippen molar-refractivity contribution in [2.24, 2.45) is 0 Å². The van der Waals surface area contributed by atoms with E-state index in [1.807, 2.05) is 23.1 Å². The van der Waals surface area contributed by atoms with Gasteiger partial charge in [0.05, 0.1) is 23.9 Å². The van der Waals surface area contributed by atoms with Gasteiger partial charge in [-0.2, -0.15) is 5.26 Å². The molecule has 23 heavy (non-hydrogen) atoms. The molecule has 5 nitrogen and oxygen atoms in total. The van der Waals surface area contributed by atoms with Crippen molar-refractivity contribution in [3.63, 3.8) is 0 Å². The molecule has 0 saturated carbocycles. The molecule has 2 aliphatic rings. The van der Waals surface area contributed by atoms with Crippen molar-refractivity contribution in [3.8, 4) is 6.07 Å². The van der Waals surface area contributed by atoms with E-state index < -0.39 is 0 Å². The number of hydrogen-bond acceptors (Lipinski definition) is 4. The van der Waals surface area contributed by atoms with E-state index in [1.165, 1.54) is 0 Å². The monoisotopic (exact) mass is 311 g/mol. The molecule has 0 aromatic heterocycles. The third-order valence-electron chi connectivity index (χ3n) is 4.36. The number of hydrogen-bond donors (Lipinski definition) is 1. The lowest BCUT2D eigenvalue weighted by molar-refractivity contribution is -0.121.